The molecule has 0 radical (unpaired) electrons. The summed E-state index contributed by atoms with van der Waals surface area (Å²) in [6.07, 6.45) is 16.5. The van der Waals surface area contributed by atoms with Crippen LogP contribution in [0.4, 0.5) is 0 Å². The summed E-state index contributed by atoms with van der Waals surface area (Å²) in [6.45, 7) is 4.60. The van der Waals surface area contributed by atoms with E-state index < -0.39 is 0 Å². The lowest BCUT2D eigenvalue weighted by Gasteiger charge is -2.44. The number of hydrogen-bond acceptors (Lipinski definition) is 3. The van der Waals surface area contributed by atoms with E-state index in [2.05, 4.69) is 24.1 Å². The number of guanidine groups is 1. The highest BCUT2D eigenvalue weighted by Crippen LogP contribution is 2.36. The minimum atomic E-state index is 0.587. The molecule has 1 N–H and O–H groups in total. The second-order valence-electron chi connectivity index (χ2n) is 7.83. The molecule has 0 aliphatic carbocycles. The predicted octanol–water partition coefficient (Wildman–Crippen LogP) is 4.47. The Morgan fingerprint density at radius 3 is 2.45 bits per heavy atom. The maximum absolute atomic E-state index is 5.07. The van der Waals surface area contributed by atoms with Crippen LogP contribution in [0.1, 0.15) is 90.9 Å². The zero-order valence-electron chi connectivity index (χ0n) is 14.7. The number of nitrogens with zero attached hydrogens (tertiary/aromatic N) is 2. The van der Waals surface area contributed by atoms with E-state index in [4.69, 9.17) is 4.99 Å². The van der Waals surface area contributed by atoms with Gasteiger partial charge in [0, 0.05) is 18.1 Å². The van der Waals surface area contributed by atoms with Gasteiger partial charge in [-0.05, 0) is 39.0 Å². The average Bonchev–Trinajstić information content (AvgIpc) is 2.90. The van der Waals surface area contributed by atoms with Crippen molar-refractivity contribution >= 4 is 5.96 Å². The number of hydrogen-bond donors (Lipinski definition) is 1. The smallest absolute Gasteiger partial charge is 0.194 e. The average molecular weight is 306 g/mol. The first-order chi connectivity index (χ1) is 10.8. The molecule has 3 aliphatic heterocycles. The summed E-state index contributed by atoms with van der Waals surface area (Å²) >= 11 is 0. The molecule has 2 fully saturated rings. The first-order valence-corrected chi connectivity index (χ1v) is 9.90. The van der Waals surface area contributed by atoms with Crippen molar-refractivity contribution in [2.24, 2.45) is 4.99 Å². The van der Waals surface area contributed by atoms with Crippen molar-refractivity contribution in [3.05, 3.63) is 0 Å². The Balaban J connectivity index is 1.42. The molecule has 22 heavy (non-hydrogen) atoms. The van der Waals surface area contributed by atoms with Crippen molar-refractivity contribution in [1.29, 1.82) is 0 Å². The van der Waals surface area contributed by atoms with Crippen molar-refractivity contribution in [2.45, 2.75) is 115 Å². The van der Waals surface area contributed by atoms with Crippen LogP contribution in [0.3, 0.4) is 0 Å². The molecule has 3 heterocycles. The molecule has 0 aromatic carbocycles. The predicted molar refractivity (Wildman–Crippen MR) is 94.3 cm³/mol. The number of unbranched alkanes of at least 4 members (excludes halogenated alkanes) is 6. The minimum Gasteiger partial charge on any atom is -0.354 e. The molecule has 0 aromatic heterocycles. The highest BCUT2D eigenvalue weighted by Gasteiger charge is 2.43. The van der Waals surface area contributed by atoms with Crippen molar-refractivity contribution in [2.75, 3.05) is 0 Å². The van der Waals surface area contributed by atoms with Crippen molar-refractivity contribution in [1.82, 2.24) is 10.2 Å². The van der Waals surface area contributed by atoms with Gasteiger partial charge in [0.15, 0.2) is 5.96 Å². The van der Waals surface area contributed by atoms with E-state index in [9.17, 15) is 0 Å². The molecular formula is C19H35N3. The molecule has 3 heteroatoms. The van der Waals surface area contributed by atoms with Crippen LogP contribution in [-0.4, -0.2) is 35.0 Å². The lowest BCUT2D eigenvalue weighted by molar-refractivity contribution is 0.209. The molecular weight excluding hydrogens is 270 g/mol. The lowest BCUT2D eigenvalue weighted by atomic mass is 9.97. The number of nitrogens with one attached hydrogen (secondary N) is 1. The van der Waals surface area contributed by atoms with Crippen LogP contribution >= 0.6 is 0 Å². The summed E-state index contributed by atoms with van der Waals surface area (Å²) in [7, 11) is 0. The van der Waals surface area contributed by atoms with Crippen LogP contribution in [0.15, 0.2) is 4.99 Å². The summed E-state index contributed by atoms with van der Waals surface area (Å²) in [5.74, 6) is 1.24. The Kier molecular flexibility index (Phi) is 5.65. The maximum atomic E-state index is 5.07. The van der Waals surface area contributed by atoms with Crippen LogP contribution in [0, 0.1) is 0 Å². The van der Waals surface area contributed by atoms with E-state index in [1.54, 1.807) is 0 Å². The molecule has 0 aromatic rings. The van der Waals surface area contributed by atoms with Crippen molar-refractivity contribution in [3.63, 3.8) is 0 Å². The van der Waals surface area contributed by atoms with Crippen LogP contribution in [0.5, 0.6) is 0 Å². The molecule has 0 saturated carbocycles. The first kappa shape index (κ1) is 16.1. The Morgan fingerprint density at radius 1 is 1.00 bits per heavy atom. The maximum Gasteiger partial charge on any atom is 0.194 e. The Morgan fingerprint density at radius 2 is 1.68 bits per heavy atom. The molecule has 0 amide bonds. The molecule has 0 unspecified atom stereocenters. The molecule has 0 spiro atoms. The van der Waals surface area contributed by atoms with Crippen molar-refractivity contribution < 1.29 is 0 Å². The number of aliphatic imine (C=N–C) groups is 1. The normalized spacial score (nSPS) is 33.4. The third kappa shape index (κ3) is 3.78. The Hall–Kier alpha value is -0.730. The fourth-order valence-corrected chi connectivity index (χ4v) is 4.69. The van der Waals surface area contributed by atoms with Crippen LogP contribution in [0.2, 0.25) is 0 Å². The van der Waals surface area contributed by atoms with Gasteiger partial charge in [-0.15, -0.1) is 0 Å². The largest absolute Gasteiger partial charge is 0.354 e. The standard InChI is InChI=1S/C19H35N3/c1-3-4-5-6-7-8-9-10-16-14-18-12-11-17-13-15(2)20-19(21-16)22(17)18/h15-18H,3-14H2,1-2H3,(H,20,21)/t15-,16+,17+,18-/m0/s1. The van der Waals surface area contributed by atoms with Gasteiger partial charge in [0.05, 0.1) is 6.04 Å². The highest BCUT2D eigenvalue weighted by atomic mass is 15.4. The first-order valence-electron chi connectivity index (χ1n) is 9.90. The van der Waals surface area contributed by atoms with Crippen LogP contribution in [-0.2, 0) is 0 Å². The summed E-state index contributed by atoms with van der Waals surface area (Å²) in [6, 6.07) is 2.76. The van der Waals surface area contributed by atoms with Gasteiger partial charge in [-0.25, -0.2) is 4.99 Å². The third-order valence-corrected chi connectivity index (χ3v) is 5.86. The van der Waals surface area contributed by atoms with E-state index in [0.717, 1.165) is 12.1 Å². The van der Waals surface area contributed by atoms with E-state index in [1.807, 2.05) is 0 Å². The van der Waals surface area contributed by atoms with Crippen molar-refractivity contribution in [3.8, 4) is 0 Å². The SMILES string of the molecule is CCCCCCCCC[C@@H]1C[C@@H]2CC[C@@H]3C[C@H](C)NC(=N1)N32. The van der Waals surface area contributed by atoms with E-state index >= 15 is 0 Å². The van der Waals surface area contributed by atoms with Gasteiger partial charge in [0.1, 0.15) is 0 Å². The molecule has 3 aliphatic rings. The quantitative estimate of drug-likeness (QED) is 0.670. The van der Waals surface area contributed by atoms with Crippen LogP contribution in [0.25, 0.3) is 0 Å². The van der Waals surface area contributed by atoms with E-state index in [1.165, 1.54) is 83.0 Å². The summed E-state index contributed by atoms with van der Waals surface area (Å²) in [5, 5.41) is 3.65. The summed E-state index contributed by atoms with van der Waals surface area (Å²) < 4.78 is 0. The minimum absolute atomic E-state index is 0.587. The van der Waals surface area contributed by atoms with Gasteiger partial charge in [0.2, 0.25) is 0 Å². The monoisotopic (exact) mass is 305 g/mol. The van der Waals surface area contributed by atoms with Gasteiger partial charge in [0.25, 0.3) is 0 Å². The zero-order chi connectivity index (χ0) is 15.4. The van der Waals surface area contributed by atoms with E-state index in [0.29, 0.717) is 12.1 Å². The third-order valence-electron chi connectivity index (χ3n) is 5.86. The zero-order valence-corrected chi connectivity index (χ0v) is 14.7. The molecule has 4 atom stereocenters. The van der Waals surface area contributed by atoms with Gasteiger partial charge in [-0.2, -0.15) is 0 Å². The fraction of sp³-hybridized carbons (Fsp3) is 0.947. The van der Waals surface area contributed by atoms with Gasteiger partial charge >= 0.3 is 0 Å². The van der Waals surface area contributed by atoms with E-state index in [-0.39, 0.29) is 0 Å². The molecule has 2 saturated heterocycles. The molecule has 3 rings (SSSR count). The molecule has 0 bridgehead atoms. The fourth-order valence-electron chi connectivity index (χ4n) is 4.69. The second kappa shape index (κ2) is 7.70. The summed E-state index contributed by atoms with van der Waals surface area (Å²) in [4.78, 5) is 7.70. The summed E-state index contributed by atoms with van der Waals surface area (Å²) in [5.41, 5.74) is 0. The van der Waals surface area contributed by atoms with Gasteiger partial charge in [-0.3, -0.25) is 0 Å². The Bertz CT molecular complexity index is 379. The Labute approximate surface area is 136 Å². The molecule has 3 nitrogen and oxygen atoms in total. The second-order valence-corrected chi connectivity index (χ2v) is 7.83. The van der Waals surface area contributed by atoms with Gasteiger partial charge in [-0.1, -0.05) is 51.9 Å². The highest BCUT2D eigenvalue weighted by molar-refractivity contribution is 5.83. The van der Waals surface area contributed by atoms with Gasteiger partial charge < -0.3 is 10.2 Å². The topological polar surface area (TPSA) is 27.6 Å². The lowest BCUT2D eigenvalue weighted by Crippen LogP contribution is -2.59. The number of rotatable bonds is 8. The molecule has 126 valence electrons. The van der Waals surface area contributed by atoms with Crippen LogP contribution < -0.4 is 5.32 Å².